The fraction of sp³-hybridized carbons (Fsp3) is 0.500. The van der Waals surface area contributed by atoms with Crippen LogP contribution in [0.5, 0.6) is 0 Å². The second-order valence-electron chi connectivity index (χ2n) is 4.54. The van der Waals surface area contributed by atoms with Crippen molar-refractivity contribution in [3.63, 3.8) is 0 Å². The van der Waals surface area contributed by atoms with Crippen molar-refractivity contribution in [1.29, 1.82) is 0 Å². The van der Waals surface area contributed by atoms with Gasteiger partial charge in [0.05, 0.1) is 13.2 Å². The molecule has 0 saturated carbocycles. The lowest BCUT2D eigenvalue weighted by Gasteiger charge is -2.33. The van der Waals surface area contributed by atoms with Crippen LogP contribution in [0.15, 0.2) is 24.3 Å². The highest BCUT2D eigenvalue weighted by atomic mass is 35.5. The number of hydrogen-bond donors (Lipinski definition) is 0. The molecule has 3 nitrogen and oxygen atoms in total. The first-order chi connectivity index (χ1) is 9.20. The van der Waals surface area contributed by atoms with Crippen molar-refractivity contribution < 1.29 is 13.9 Å². The molecule has 1 heterocycles. The minimum absolute atomic E-state index is 0.107. The van der Waals surface area contributed by atoms with Gasteiger partial charge in [-0.05, 0) is 24.1 Å². The third-order valence-electron chi connectivity index (χ3n) is 3.19. The molecule has 1 aromatic rings. The highest BCUT2D eigenvalue weighted by Gasteiger charge is 2.24. The van der Waals surface area contributed by atoms with Crippen LogP contribution in [0, 0.1) is 5.82 Å². The first kappa shape index (κ1) is 14.3. The van der Waals surface area contributed by atoms with Gasteiger partial charge in [0.1, 0.15) is 11.9 Å². The zero-order valence-corrected chi connectivity index (χ0v) is 11.4. The largest absolute Gasteiger partial charge is 0.370 e. The van der Waals surface area contributed by atoms with Crippen molar-refractivity contribution >= 4 is 17.5 Å². The number of hydrogen-bond acceptors (Lipinski definition) is 2. The maximum atomic E-state index is 12.9. The van der Waals surface area contributed by atoms with E-state index in [4.69, 9.17) is 16.3 Å². The number of amides is 1. The molecule has 0 N–H and O–H groups in total. The fourth-order valence-corrected chi connectivity index (χ4v) is 2.26. The van der Waals surface area contributed by atoms with E-state index in [9.17, 15) is 9.18 Å². The molecule has 2 rings (SSSR count). The van der Waals surface area contributed by atoms with Crippen LogP contribution in [0.25, 0.3) is 0 Å². The highest BCUT2D eigenvalue weighted by Crippen LogP contribution is 2.23. The molecular weight excluding hydrogens is 269 g/mol. The zero-order chi connectivity index (χ0) is 13.7. The van der Waals surface area contributed by atoms with Crippen LogP contribution in [-0.4, -0.2) is 36.4 Å². The normalized spacial score (nSPS) is 19.5. The van der Waals surface area contributed by atoms with E-state index in [2.05, 4.69) is 0 Å². The summed E-state index contributed by atoms with van der Waals surface area (Å²) < 4.78 is 18.5. The van der Waals surface area contributed by atoms with E-state index >= 15 is 0 Å². The maximum Gasteiger partial charge on any atom is 0.222 e. The molecule has 1 aliphatic heterocycles. The minimum Gasteiger partial charge on any atom is -0.370 e. The third-order valence-corrected chi connectivity index (χ3v) is 3.45. The van der Waals surface area contributed by atoms with Crippen molar-refractivity contribution in [3.05, 3.63) is 35.6 Å². The molecule has 5 heteroatoms. The summed E-state index contributed by atoms with van der Waals surface area (Å²) in [4.78, 5) is 13.7. The number of morpholine rings is 1. The molecule has 1 amide bonds. The van der Waals surface area contributed by atoms with Gasteiger partial charge < -0.3 is 9.64 Å². The number of carbonyl (C=O) groups excluding carboxylic acids is 1. The molecule has 1 saturated heterocycles. The summed E-state index contributed by atoms with van der Waals surface area (Å²) in [5, 5.41) is 0. The second kappa shape index (κ2) is 6.87. The Labute approximate surface area is 117 Å². The molecule has 0 radical (unpaired) electrons. The number of benzene rings is 1. The van der Waals surface area contributed by atoms with Crippen LogP contribution in [0.2, 0.25) is 0 Å². The molecule has 0 aromatic heterocycles. The number of rotatable bonds is 4. The Bertz CT molecular complexity index is 424. The quantitative estimate of drug-likeness (QED) is 0.796. The molecule has 1 fully saturated rings. The topological polar surface area (TPSA) is 29.5 Å². The number of halogens is 2. The average molecular weight is 286 g/mol. The number of ether oxygens (including phenoxy) is 1. The molecule has 0 spiro atoms. The van der Waals surface area contributed by atoms with E-state index in [1.807, 2.05) is 0 Å². The highest BCUT2D eigenvalue weighted by molar-refractivity contribution is 6.17. The van der Waals surface area contributed by atoms with E-state index in [0.717, 1.165) is 5.56 Å². The first-order valence-corrected chi connectivity index (χ1v) is 6.95. The molecule has 19 heavy (non-hydrogen) atoms. The van der Waals surface area contributed by atoms with E-state index < -0.39 is 0 Å². The molecule has 0 aliphatic carbocycles. The van der Waals surface area contributed by atoms with Crippen LogP contribution < -0.4 is 0 Å². The predicted octanol–water partition coefficient (Wildman–Crippen LogP) is 2.74. The maximum absolute atomic E-state index is 12.9. The number of nitrogens with zero attached hydrogens (tertiary/aromatic N) is 1. The predicted molar refractivity (Wildman–Crippen MR) is 71.6 cm³/mol. The minimum atomic E-state index is -0.269. The summed E-state index contributed by atoms with van der Waals surface area (Å²) in [7, 11) is 0. The molecule has 104 valence electrons. The Kier molecular flexibility index (Phi) is 5.16. The zero-order valence-electron chi connectivity index (χ0n) is 10.6. The van der Waals surface area contributed by atoms with Crippen LogP contribution in [-0.2, 0) is 9.53 Å². The standard InChI is InChI=1S/C14H17ClFNO2/c15-7-1-2-14(18)17-8-9-19-13(10-17)11-3-5-12(16)6-4-11/h3-6,13H,1-2,7-10H2. The van der Waals surface area contributed by atoms with Crippen LogP contribution in [0.3, 0.4) is 0 Å². The first-order valence-electron chi connectivity index (χ1n) is 6.41. The van der Waals surface area contributed by atoms with Gasteiger partial charge in [-0.25, -0.2) is 4.39 Å². The van der Waals surface area contributed by atoms with Gasteiger partial charge in [0.25, 0.3) is 0 Å². The fourth-order valence-electron chi connectivity index (χ4n) is 2.13. The Balaban J connectivity index is 1.96. The van der Waals surface area contributed by atoms with E-state index in [-0.39, 0.29) is 17.8 Å². The molecule has 0 bridgehead atoms. The Morgan fingerprint density at radius 2 is 2.16 bits per heavy atom. The summed E-state index contributed by atoms with van der Waals surface area (Å²) in [6, 6.07) is 6.22. The van der Waals surface area contributed by atoms with Crippen molar-refractivity contribution in [2.45, 2.75) is 18.9 Å². The molecule has 1 aliphatic rings. The molecule has 1 unspecified atom stereocenters. The van der Waals surface area contributed by atoms with Gasteiger partial charge in [-0.15, -0.1) is 11.6 Å². The van der Waals surface area contributed by atoms with Gasteiger partial charge in [-0.3, -0.25) is 4.79 Å². The summed E-state index contributed by atoms with van der Waals surface area (Å²) >= 11 is 5.59. The van der Waals surface area contributed by atoms with E-state index in [0.29, 0.717) is 38.4 Å². The van der Waals surface area contributed by atoms with Gasteiger partial charge in [-0.1, -0.05) is 12.1 Å². The summed E-state index contributed by atoms with van der Waals surface area (Å²) in [5.41, 5.74) is 0.899. The smallest absolute Gasteiger partial charge is 0.222 e. The third kappa shape index (κ3) is 3.91. The monoisotopic (exact) mass is 285 g/mol. The van der Waals surface area contributed by atoms with Crippen LogP contribution in [0.1, 0.15) is 24.5 Å². The average Bonchev–Trinajstić information content (AvgIpc) is 2.45. The van der Waals surface area contributed by atoms with Gasteiger partial charge in [0, 0.05) is 18.8 Å². The lowest BCUT2D eigenvalue weighted by Crippen LogP contribution is -2.42. The second-order valence-corrected chi connectivity index (χ2v) is 4.92. The number of carbonyl (C=O) groups is 1. The van der Waals surface area contributed by atoms with Gasteiger partial charge in [-0.2, -0.15) is 0 Å². The van der Waals surface area contributed by atoms with Gasteiger partial charge in [0.15, 0.2) is 0 Å². The van der Waals surface area contributed by atoms with Crippen molar-refractivity contribution in [1.82, 2.24) is 4.90 Å². The summed E-state index contributed by atoms with van der Waals surface area (Å²) in [5.74, 6) is 0.336. The summed E-state index contributed by atoms with van der Waals surface area (Å²) in [6.07, 6.45) is 0.993. The Morgan fingerprint density at radius 3 is 2.84 bits per heavy atom. The Hall–Kier alpha value is -1.13. The molecule has 1 aromatic carbocycles. The Morgan fingerprint density at radius 1 is 1.42 bits per heavy atom. The van der Waals surface area contributed by atoms with Crippen molar-refractivity contribution in [2.24, 2.45) is 0 Å². The van der Waals surface area contributed by atoms with Crippen molar-refractivity contribution in [3.8, 4) is 0 Å². The van der Waals surface area contributed by atoms with Crippen LogP contribution >= 0.6 is 11.6 Å². The van der Waals surface area contributed by atoms with Crippen molar-refractivity contribution in [2.75, 3.05) is 25.6 Å². The molecule has 1 atom stereocenters. The number of alkyl halides is 1. The van der Waals surface area contributed by atoms with Gasteiger partial charge in [0.2, 0.25) is 5.91 Å². The lowest BCUT2D eigenvalue weighted by molar-refractivity contribution is -0.139. The van der Waals surface area contributed by atoms with E-state index in [1.165, 1.54) is 12.1 Å². The SMILES string of the molecule is O=C(CCCCl)N1CCOC(c2ccc(F)cc2)C1. The van der Waals surface area contributed by atoms with E-state index in [1.54, 1.807) is 17.0 Å². The van der Waals surface area contributed by atoms with Crippen LogP contribution in [0.4, 0.5) is 4.39 Å². The summed E-state index contributed by atoms with van der Waals surface area (Å²) in [6.45, 7) is 1.64. The lowest BCUT2D eigenvalue weighted by atomic mass is 10.1. The van der Waals surface area contributed by atoms with Gasteiger partial charge >= 0.3 is 0 Å². The molecular formula is C14H17ClFNO2.